The second-order valence-corrected chi connectivity index (χ2v) is 7.74. The molecule has 0 spiro atoms. The van der Waals surface area contributed by atoms with E-state index in [1.807, 2.05) is 0 Å². The first kappa shape index (κ1) is 19.9. The number of amides is 1. The summed E-state index contributed by atoms with van der Waals surface area (Å²) in [6.07, 6.45) is 3.74. The number of thioether (sulfide) groups is 1. The summed E-state index contributed by atoms with van der Waals surface area (Å²) >= 11 is 12.5. The minimum absolute atomic E-state index is 0.0891. The van der Waals surface area contributed by atoms with Gasteiger partial charge in [-0.25, -0.2) is 4.98 Å². The largest absolute Gasteiger partial charge is 0.455 e. The van der Waals surface area contributed by atoms with Crippen LogP contribution in [0, 0.1) is 5.92 Å². The third-order valence-corrected chi connectivity index (χ3v) is 5.55. The smallest absolute Gasteiger partial charge is 0.316 e. The van der Waals surface area contributed by atoms with Gasteiger partial charge in [-0.3, -0.25) is 9.59 Å². The van der Waals surface area contributed by atoms with Crippen molar-refractivity contribution in [2.45, 2.75) is 19.8 Å². The lowest BCUT2D eigenvalue weighted by Gasteiger charge is -2.31. The van der Waals surface area contributed by atoms with Crippen LogP contribution in [0.15, 0.2) is 18.3 Å². The Hall–Kier alpha value is -1.38. The van der Waals surface area contributed by atoms with E-state index in [1.165, 1.54) is 18.0 Å². The Morgan fingerprint density at radius 1 is 1.48 bits per heavy atom. The zero-order chi connectivity index (χ0) is 18.2. The molecule has 1 N–H and O–H groups in total. The van der Waals surface area contributed by atoms with Gasteiger partial charge in [-0.2, -0.15) is 0 Å². The van der Waals surface area contributed by atoms with Gasteiger partial charge in [0.15, 0.2) is 11.8 Å². The van der Waals surface area contributed by atoms with Crippen molar-refractivity contribution in [2.75, 3.05) is 30.8 Å². The molecule has 1 aliphatic heterocycles. The van der Waals surface area contributed by atoms with Crippen LogP contribution in [0.3, 0.4) is 0 Å². The summed E-state index contributed by atoms with van der Waals surface area (Å²) in [7, 11) is 0. The lowest BCUT2D eigenvalue weighted by Crippen LogP contribution is -2.36. The molecule has 1 amide bonds. The Morgan fingerprint density at radius 3 is 2.88 bits per heavy atom. The van der Waals surface area contributed by atoms with Crippen LogP contribution in [-0.2, 0) is 14.3 Å². The minimum Gasteiger partial charge on any atom is -0.455 e. The van der Waals surface area contributed by atoms with Gasteiger partial charge in [-0.15, -0.1) is 0 Å². The molecule has 1 saturated heterocycles. The first-order valence-corrected chi connectivity index (χ1v) is 9.70. The number of rotatable bonds is 5. The fourth-order valence-corrected chi connectivity index (χ4v) is 3.47. The van der Waals surface area contributed by atoms with Crippen molar-refractivity contribution < 1.29 is 14.3 Å². The first-order valence-electron chi connectivity index (χ1n) is 7.93. The number of hydrogen-bond acceptors (Lipinski definition) is 6. The maximum absolute atomic E-state index is 11.8. The molecule has 1 aromatic heterocycles. The second-order valence-electron chi connectivity index (χ2n) is 5.77. The average Bonchev–Trinajstić information content (AvgIpc) is 2.60. The predicted octanol–water partition coefficient (Wildman–Crippen LogP) is 2.97. The lowest BCUT2D eigenvalue weighted by atomic mass is 10.00. The second kappa shape index (κ2) is 9.94. The third kappa shape index (κ3) is 6.80. The number of carbonyl (C=O) groups is 2. The van der Waals surface area contributed by atoms with E-state index in [0.29, 0.717) is 10.0 Å². The van der Waals surface area contributed by atoms with Crippen molar-refractivity contribution in [3.8, 4) is 0 Å². The van der Waals surface area contributed by atoms with Crippen LogP contribution < -0.4 is 5.32 Å². The maximum atomic E-state index is 11.8. The monoisotopic (exact) mass is 401 g/mol. The van der Waals surface area contributed by atoms with Crippen molar-refractivity contribution in [2.24, 2.45) is 5.92 Å². The zero-order valence-corrected chi connectivity index (χ0v) is 16.3. The van der Waals surface area contributed by atoms with Gasteiger partial charge in [-0.1, -0.05) is 42.5 Å². The van der Waals surface area contributed by atoms with Gasteiger partial charge >= 0.3 is 5.97 Å². The quantitative estimate of drug-likeness (QED) is 0.462. The molecule has 0 radical (unpaired) electrons. The van der Waals surface area contributed by atoms with Crippen molar-refractivity contribution in [1.29, 1.82) is 0 Å². The van der Waals surface area contributed by atoms with E-state index in [9.17, 15) is 9.59 Å². The Bertz CT molecular complexity index is 637. The number of aromatic nitrogens is 1. The van der Waals surface area contributed by atoms with E-state index >= 15 is 0 Å². The number of esters is 1. The number of nitrogens with one attached hydrogen (secondary N) is 1. The fourth-order valence-electron chi connectivity index (χ4n) is 2.26. The molecule has 25 heavy (non-hydrogen) atoms. The predicted molar refractivity (Wildman–Crippen MR) is 104 cm³/mol. The molecule has 2 rings (SSSR count). The number of piperidine rings is 1. The number of likely N-dealkylation sites (tertiary alicyclic amines) is 1. The van der Waals surface area contributed by atoms with Crippen molar-refractivity contribution in [3.05, 3.63) is 23.5 Å². The average molecular weight is 402 g/mol. The highest BCUT2D eigenvalue weighted by Crippen LogP contribution is 2.20. The standard InChI is InChI=1S/C16H20ClN3O3S2/c1-11-4-7-20(8-5-11)16(24)25-10-14(22)23-9-13(21)19-12-3-2-6-18-15(12)17/h2-3,6,11H,4-5,7-10H2,1H3,(H,19,21). The highest BCUT2D eigenvalue weighted by atomic mass is 35.5. The van der Waals surface area contributed by atoms with E-state index in [2.05, 4.69) is 22.1 Å². The molecular formula is C16H20ClN3O3S2. The van der Waals surface area contributed by atoms with Crippen LogP contribution in [0.1, 0.15) is 19.8 Å². The number of thiocarbonyl (C=S) groups is 1. The Morgan fingerprint density at radius 2 is 2.20 bits per heavy atom. The van der Waals surface area contributed by atoms with E-state index in [0.717, 1.165) is 31.8 Å². The molecule has 1 aromatic rings. The van der Waals surface area contributed by atoms with Gasteiger partial charge in [0.1, 0.15) is 4.32 Å². The van der Waals surface area contributed by atoms with Gasteiger partial charge in [0, 0.05) is 19.3 Å². The van der Waals surface area contributed by atoms with E-state index in [4.69, 9.17) is 28.6 Å². The third-order valence-electron chi connectivity index (χ3n) is 3.75. The number of ether oxygens (including phenoxy) is 1. The summed E-state index contributed by atoms with van der Waals surface area (Å²) in [5.41, 5.74) is 0.375. The molecule has 0 saturated carbocycles. The summed E-state index contributed by atoms with van der Waals surface area (Å²) < 4.78 is 5.66. The summed E-state index contributed by atoms with van der Waals surface area (Å²) in [5.74, 6) is -0.141. The first-order chi connectivity index (χ1) is 12.0. The molecular weight excluding hydrogens is 382 g/mol. The SMILES string of the molecule is CC1CCN(C(=S)SCC(=O)OCC(=O)Nc2cccnc2Cl)CC1. The van der Waals surface area contributed by atoms with Crippen molar-refractivity contribution >= 4 is 57.5 Å². The van der Waals surface area contributed by atoms with Gasteiger partial charge in [0.25, 0.3) is 5.91 Å². The molecule has 6 nitrogen and oxygen atoms in total. The van der Waals surface area contributed by atoms with Crippen LogP contribution in [0.5, 0.6) is 0 Å². The Kier molecular flexibility index (Phi) is 7.92. The number of nitrogens with zero attached hydrogens (tertiary/aromatic N) is 2. The van der Waals surface area contributed by atoms with E-state index < -0.39 is 11.9 Å². The highest BCUT2D eigenvalue weighted by molar-refractivity contribution is 8.23. The minimum atomic E-state index is -0.481. The molecule has 0 unspecified atom stereocenters. The molecule has 0 atom stereocenters. The Labute approximate surface area is 161 Å². The topological polar surface area (TPSA) is 71.5 Å². The molecule has 2 heterocycles. The van der Waals surface area contributed by atoms with Crippen LogP contribution in [0.4, 0.5) is 5.69 Å². The highest BCUT2D eigenvalue weighted by Gasteiger charge is 2.19. The number of pyridine rings is 1. The van der Waals surface area contributed by atoms with Crippen LogP contribution in [-0.4, -0.2) is 51.5 Å². The summed E-state index contributed by atoms with van der Waals surface area (Å²) in [4.78, 5) is 29.5. The van der Waals surface area contributed by atoms with E-state index in [-0.39, 0.29) is 17.5 Å². The number of carbonyl (C=O) groups excluding carboxylic acids is 2. The van der Waals surface area contributed by atoms with E-state index in [1.54, 1.807) is 12.1 Å². The number of anilines is 1. The number of hydrogen-bond donors (Lipinski definition) is 1. The molecule has 0 aromatic carbocycles. The summed E-state index contributed by atoms with van der Waals surface area (Å²) in [5, 5.41) is 2.71. The van der Waals surface area contributed by atoms with Crippen molar-refractivity contribution in [3.63, 3.8) is 0 Å². The lowest BCUT2D eigenvalue weighted by molar-refractivity contribution is -0.144. The maximum Gasteiger partial charge on any atom is 0.316 e. The van der Waals surface area contributed by atoms with Crippen LogP contribution in [0.2, 0.25) is 5.15 Å². The molecule has 1 fully saturated rings. The normalized spacial score (nSPS) is 14.9. The van der Waals surface area contributed by atoms with Gasteiger partial charge < -0.3 is 15.0 Å². The Balaban J connectivity index is 1.66. The summed E-state index contributed by atoms with van der Waals surface area (Å²) in [6.45, 7) is 3.71. The summed E-state index contributed by atoms with van der Waals surface area (Å²) in [6, 6.07) is 3.26. The number of halogens is 1. The zero-order valence-electron chi connectivity index (χ0n) is 13.9. The van der Waals surface area contributed by atoms with Crippen LogP contribution in [0.25, 0.3) is 0 Å². The molecule has 136 valence electrons. The van der Waals surface area contributed by atoms with Gasteiger partial charge in [-0.05, 0) is 30.9 Å². The molecule has 1 aliphatic rings. The molecule has 9 heteroatoms. The van der Waals surface area contributed by atoms with Crippen LogP contribution >= 0.6 is 35.6 Å². The van der Waals surface area contributed by atoms with Crippen molar-refractivity contribution in [1.82, 2.24) is 9.88 Å². The fraction of sp³-hybridized carbons (Fsp3) is 0.500. The molecule has 0 bridgehead atoms. The molecule has 0 aliphatic carbocycles. The van der Waals surface area contributed by atoms with Gasteiger partial charge in [0.2, 0.25) is 0 Å². The van der Waals surface area contributed by atoms with Gasteiger partial charge in [0.05, 0.1) is 11.4 Å².